The van der Waals surface area contributed by atoms with Crippen molar-refractivity contribution >= 4 is 23.2 Å². The first-order chi connectivity index (χ1) is 10.2. The molecule has 0 heterocycles. The van der Waals surface area contributed by atoms with E-state index >= 15 is 0 Å². The number of unbranched alkanes of at least 4 members (excludes halogenated alkanes) is 9. The van der Waals surface area contributed by atoms with Gasteiger partial charge in [-0.3, -0.25) is 0 Å². The number of nitrogens with two attached hydrogens (primary N) is 1. The predicted molar refractivity (Wildman–Crippen MR) is 95.4 cm³/mol. The SMILES string of the molecule is NCCCCCCCCCCCCc1ccc(Cl)c(Cl)c1. The maximum Gasteiger partial charge on any atom is 0.0595 e. The van der Waals surface area contributed by atoms with Gasteiger partial charge in [-0.1, -0.05) is 80.6 Å². The van der Waals surface area contributed by atoms with Gasteiger partial charge in [-0.2, -0.15) is 0 Å². The van der Waals surface area contributed by atoms with E-state index in [1.807, 2.05) is 12.1 Å². The van der Waals surface area contributed by atoms with Crippen LogP contribution in [-0.4, -0.2) is 6.54 Å². The summed E-state index contributed by atoms with van der Waals surface area (Å²) in [5.41, 5.74) is 6.78. The van der Waals surface area contributed by atoms with Crippen LogP contribution in [0.25, 0.3) is 0 Å². The second kappa shape index (κ2) is 12.3. The summed E-state index contributed by atoms with van der Waals surface area (Å²) >= 11 is 11.9. The molecule has 1 aromatic carbocycles. The fraction of sp³-hybridized carbons (Fsp3) is 0.667. The lowest BCUT2D eigenvalue weighted by Gasteiger charge is -2.04. The predicted octanol–water partition coefficient (Wildman–Crippen LogP) is 6.40. The molecule has 0 aromatic heterocycles. The highest BCUT2D eigenvalue weighted by Crippen LogP contribution is 2.23. The molecule has 0 amide bonds. The molecule has 21 heavy (non-hydrogen) atoms. The third-order valence-corrected chi connectivity index (χ3v) is 4.64. The van der Waals surface area contributed by atoms with Crippen molar-refractivity contribution in [2.75, 3.05) is 6.54 Å². The Hall–Kier alpha value is -0.240. The second-order valence-corrected chi connectivity index (χ2v) is 6.64. The van der Waals surface area contributed by atoms with E-state index in [0.717, 1.165) is 13.0 Å². The van der Waals surface area contributed by atoms with Crippen LogP contribution in [0.2, 0.25) is 10.0 Å². The highest BCUT2D eigenvalue weighted by molar-refractivity contribution is 6.42. The minimum atomic E-state index is 0.645. The summed E-state index contributed by atoms with van der Waals surface area (Å²) in [4.78, 5) is 0. The lowest BCUT2D eigenvalue weighted by Crippen LogP contribution is -1.97. The van der Waals surface area contributed by atoms with E-state index in [0.29, 0.717) is 10.0 Å². The average Bonchev–Trinajstić information content (AvgIpc) is 2.48. The Morgan fingerprint density at radius 1 is 0.667 bits per heavy atom. The molecule has 0 aliphatic carbocycles. The summed E-state index contributed by atoms with van der Waals surface area (Å²) in [5, 5.41) is 1.32. The number of hydrogen-bond acceptors (Lipinski definition) is 1. The van der Waals surface area contributed by atoms with Crippen LogP contribution in [0.4, 0.5) is 0 Å². The first kappa shape index (κ1) is 18.8. The summed E-state index contributed by atoms with van der Waals surface area (Å²) in [7, 11) is 0. The largest absolute Gasteiger partial charge is 0.330 e. The maximum absolute atomic E-state index is 6.02. The van der Waals surface area contributed by atoms with E-state index in [4.69, 9.17) is 28.9 Å². The van der Waals surface area contributed by atoms with Gasteiger partial charge in [0, 0.05) is 0 Å². The lowest BCUT2D eigenvalue weighted by molar-refractivity contribution is 0.553. The molecule has 0 aliphatic rings. The van der Waals surface area contributed by atoms with Gasteiger partial charge in [0.25, 0.3) is 0 Å². The van der Waals surface area contributed by atoms with Crippen molar-refractivity contribution in [3.8, 4) is 0 Å². The van der Waals surface area contributed by atoms with Crippen LogP contribution in [0.3, 0.4) is 0 Å². The number of benzene rings is 1. The molecule has 0 atom stereocenters. The zero-order valence-corrected chi connectivity index (χ0v) is 14.6. The Morgan fingerprint density at radius 2 is 1.19 bits per heavy atom. The number of rotatable bonds is 12. The zero-order chi connectivity index (χ0) is 15.3. The molecule has 0 unspecified atom stereocenters. The summed E-state index contributed by atoms with van der Waals surface area (Å²) < 4.78 is 0. The minimum Gasteiger partial charge on any atom is -0.330 e. The molecule has 1 rings (SSSR count). The summed E-state index contributed by atoms with van der Waals surface area (Å²) in [5.74, 6) is 0. The van der Waals surface area contributed by atoms with Crippen molar-refractivity contribution in [1.29, 1.82) is 0 Å². The molecule has 0 saturated heterocycles. The van der Waals surface area contributed by atoms with Gasteiger partial charge in [-0.25, -0.2) is 0 Å². The molecule has 0 spiro atoms. The molecule has 0 saturated carbocycles. The van der Waals surface area contributed by atoms with Crippen LogP contribution in [0.15, 0.2) is 18.2 Å². The molecule has 2 N–H and O–H groups in total. The third-order valence-electron chi connectivity index (χ3n) is 3.90. The normalized spacial score (nSPS) is 11.0. The van der Waals surface area contributed by atoms with Gasteiger partial charge in [0.1, 0.15) is 0 Å². The molecule has 0 fully saturated rings. The highest BCUT2D eigenvalue weighted by atomic mass is 35.5. The Balaban J connectivity index is 1.91. The molecular formula is C18H29Cl2N. The molecule has 120 valence electrons. The first-order valence-corrected chi connectivity index (χ1v) is 9.13. The zero-order valence-electron chi connectivity index (χ0n) is 13.1. The molecule has 0 bridgehead atoms. The maximum atomic E-state index is 6.02. The fourth-order valence-electron chi connectivity index (χ4n) is 2.58. The van der Waals surface area contributed by atoms with Crippen molar-refractivity contribution in [2.45, 2.75) is 70.6 Å². The second-order valence-electron chi connectivity index (χ2n) is 5.82. The van der Waals surface area contributed by atoms with Crippen molar-refractivity contribution in [3.05, 3.63) is 33.8 Å². The average molecular weight is 330 g/mol. The molecule has 0 aliphatic heterocycles. The minimum absolute atomic E-state index is 0.645. The topological polar surface area (TPSA) is 26.0 Å². The molecular weight excluding hydrogens is 301 g/mol. The van der Waals surface area contributed by atoms with Crippen molar-refractivity contribution in [3.63, 3.8) is 0 Å². The smallest absolute Gasteiger partial charge is 0.0595 e. The van der Waals surface area contributed by atoms with Crippen LogP contribution in [0.5, 0.6) is 0 Å². The molecule has 0 radical (unpaired) electrons. The van der Waals surface area contributed by atoms with E-state index in [1.165, 1.54) is 69.8 Å². The van der Waals surface area contributed by atoms with Gasteiger partial charge in [0.15, 0.2) is 0 Å². The standard InChI is InChI=1S/C18H29Cl2N/c19-17-13-12-16(15-18(17)20)11-9-7-5-3-1-2-4-6-8-10-14-21/h12-13,15H,1-11,14,21H2. The monoisotopic (exact) mass is 329 g/mol. The summed E-state index contributed by atoms with van der Waals surface area (Å²) in [6, 6.07) is 5.96. The van der Waals surface area contributed by atoms with E-state index in [2.05, 4.69) is 6.07 Å². The van der Waals surface area contributed by atoms with Gasteiger partial charge in [-0.15, -0.1) is 0 Å². The van der Waals surface area contributed by atoms with Crippen molar-refractivity contribution < 1.29 is 0 Å². The summed E-state index contributed by atoms with van der Waals surface area (Å²) in [6.45, 7) is 0.846. The first-order valence-electron chi connectivity index (χ1n) is 8.38. The van der Waals surface area contributed by atoms with E-state index in [1.54, 1.807) is 0 Å². The Morgan fingerprint density at radius 3 is 1.71 bits per heavy atom. The van der Waals surface area contributed by atoms with Gasteiger partial charge < -0.3 is 5.73 Å². The van der Waals surface area contributed by atoms with Crippen LogP contribution in [0.1, 0.15) is 69.8 Å². The molecule has 1 aromatic rings. The van der Waals surface area contributed by atoms with E-state index in [9.17, 15) is 0 Å². The van der Waals surface area contributed by atoms with Crippen LogP contribution in [0, 0.1) is 0 Å². The Bertz CT molecular complexity index is 379. The van der Waals surface area contributed by atoms with Gasteiger partial charge in [0.05, 0.1) is 10.0 Å². The Kier molecular flexibility index (Phi) is 11.0. The highest BCUT2D eigenvalue weighted by Gasteiger charge is 1.99. The van der Waals surface area contributed by atoms with Gasteiger partial charge >= 0.3 is 0 Å². The Labute approximate surface area is 140 Å². The lowest BCUT2D eigenvalue weighted by atomic mass is 10.0. The van der Waals surface area contributed by atoms with Gasteiger partial charge in [0.2, 0.25) is 0 Å². The van der Waals surface area contributed by atoms with Crippen LogP contribution >= 0.6 is 23.2 Å². The number of hydrogen-bond donors (Lipinski definition) is 1. The van der Waals surface area contributed by atoms with E-state index in [-0.39, 0.29) is 0 Å². The third kappa shape index (κ3) is 9.39. The van der Waals surface area contributed by atoms with Crippen LogP contribution in [-0.2, 0) is 6.42 Å². The molecule has 1 nitrogen and oxygen atoms in total. The number of halogens is 2. The van der Waals surface area contributed by atoms with Crippen molar-refractivity contribution in [1.82, 2.24) is 0 Å². The number of aryl methyl sites for hydroxylation is 1. The van der Waals surface area contributed by atoms with Gasteiger partial charge in [-0.05, 0) is 43.5 Å². The van der Waals surface area contributed by atoms with Crippen molar-refractivity contribution in [2.24, 2.45) is 5.73 Å². The van der Waals surface area contributed by atoms with E-state index < -0.39 is 0 Å². The quantitative estimate of drug-likeness (QED) is 0.441. The van der Waals surface area contributed by atoms with Crippen LogP contribution < -0.4 is 5.73 Å². The summed E-state index contributed by atoms with van der Waals surface area (Å²) in [6.07, 6.45) is 14.4. The molecule has 3 heteroatoms. The fourth-order valence-corrected chi connectivity index (χ4v) is 2.90.